The Morgan fingerprint density at radius 2 is 1.62 bits per heavy atom. The summed E-state index contributed by atoms with van der Waals surface area (Å²) in [5.41, 5.74) is 2.64. The number of H-pyrrole nitrogens is 1. The monoisotopic (exact) mass is 439 g/mol. The Morgan fingerprint density at radius 1 is 0.906 bits per heavy atom. The third kappa shape index (κ3) is 2.17. The summed E-state index contributed by atoms with van der Waals surface area (Å²) in [6.45, 7) is 10.8. The third-order valence-electron chi connectivity index (χ3n) is 7.64. The number of hydrogen-bond acceptors (Lipinski definition) is 3. The number of benzene rings is 2. The van der Waals surface area contributed by atoms with E-state index in [2.05, 4.69) is 56.0 Å². The van der Waals surface area contributed by atoms with Gasteiger partial charge in [0, 0.05) is 38.6 Å². The second kappa shape index (κ2) is 5.89. The fourth-order valence-corrected chi connectivity index (χ4v) is 6.94. The standard InChI is InChI=1S/C26H25N3O2Si/c1-26(2,3)32(4,5)29-24(30)21-16-13-27-18-12-8-10-15(19(16)18)23-20(22(21)25(29)31)14-9-6-7-11-17(14)28-23/h6-13,28,31H,1-5H3. The Balaban J connectivity index is 2.03. The van der Waals surface area contributed by atoms with Crippen molar-refractivity contribution in [3.8, 4) is 5.88 Å². The molecular formula is C26H25N3O2Si. The van der Waals surface area contributed by atoms with Crippen LogP contribution in [0.5, 0.6) is 5.88 Å². The lowest BCUT2D eigenvalue weighted by Crippen LogP contribution is -2.49. The van der Waals surface area contributed by atoms with Crippen LogP contribution >= 0.6 is 0 Å². The van der Waals surface area contributed by atoms with Crippen LogP contribution in [0.15, 0.2) is 53.5 Å². The van der Waals surface area contributed by atoms with Crippen LogP contribution in [0.4, 0.5) is 0 Å². The maximum Gasteiger partial charge on any atom is 0.254 e. The topological polar surface area (TPSA) is 70.9 Å². The molecule has 32 heavy (non-hydrogen) atoms. The zero-order valence-corrected chi connectivity index (χ0v) is 19.9. The van der Waals surface area contributed by atoms with Gasteiger partial charge in [0.2, 0.25) is 0 Å². The zero-order chi connectivity index (χ0) is 22.6. The molecule has 160 valence electrons. The van der Waals surface area contributed by atoms with Gasteiger partial charge in [0.25, 0.3) is 5.56 Å². The average Bonchev–Trinajstić information content (AvgIpc) is 3.36. The number of aromatic nitrogens is 3. The maximum absolute atomic E-state index is 14.1. The summed E-state index contributed by atoms with van der Waals surface area (Å²) in [4.78, 5) is 22.3. The molecule has 6 heteroatoms. The fourth-order valence-electron chi connectivity index (χ4n) is 5.01. The van der Waals surface area contributed by atoms with E-state index >= 15 is 0 Å². The molecular weight excluding hydrogens is 414 g/mol. The quantitative estimate of drug-likeness (QED) is 0.294. The molecule has 0 aliphatic heterocycles. The molecule has 2 N–H and O–H groups in total. The van der Waals surface area contributed by atoms with Crippen molar-refractivity contribution < 1.29 is 5.11 Å². The van der Waals surface area contributed by atoms with Crippen LogP contribution in [0, 0.1) is 0 Å². The Hall–Kier alpha value is -3.38. The molecule has 0 amide bonds. The molecule has 3 aromatic heterocycles. The first kappa shape index (κ1) is 19.3. The van der Waals surface area contributed by atoms with Gasteiger partial charge in [-0.25, -0.2) is 0 Å². The number of aromatic amines is 1. The minimum atomic E-state index is -2.40. The van der Waals surface area contributed by atoms with Gasteiger partial charge in [0.1, 0.15) is 0 Å². The van der Waals surface area contributed by atoms with E-state index in [1.165, 1.54) is 0 Å². The van der Waals surface area contributed by atoms with Crippen molar-refractivity contribution in [1.29, 1.82) is 0 Å². The van der Waals surface area contributed by atoms with Crippen LogP contribution in [0.25, 0.3) is 54.3 Å². The van der Waals surface area contributed by atoms with Crippen molar-refractivity contribution >= 4 is 62.5 Å². The summed E-state index contributed by atoms with van der Waals surface area (Å²) in [7, 11) is -2.40. The molecule has 0 unspecified atom stereocenters. The van der Waals surface area contributed by atoms with Crippen LogP contribution in [0.1, 0.15) is 20.8 Å². The van der Waals surface area contributed by atoms with Gasteiger partial charge in [-0.15, -0.1) is 0 Å². The second-order valence-corrected chi connectivity index (χ2v) is 15.4. The molecule has 3 heterocycles. The van der Waals surface area contributed by atoms with Crippen molar-refractivity contribution in [3.05, 3.63) is 59.0 Å². The lowest BCUT2D eigenvalue weighted by Gasteiger charge is -2.37. The van der Waals surface area contributed by atoms with E-state index in [1.807, 2.05) is 30.3 Å². The lowest BCUT2D eigenvalue weighted by atomic mass is 10.1. The number of nitrogens with zero attached hydrogens (tertiary/aromatic N) is 2. The summed E-state index contributed by atoms with van der Waals surface area (Å²) in [6, 6.07) is 14.1. The van der Waals surface area contributed by atoms with Crippen LogP contribution in [0.2, 0.25) is 18.1 Å². The Bertz CT molecular complexity index is 1770. The van der Waals surface area contributed by atoms with Crippen LogP contribution in [-0.4, -0.2) is 27.5 Å². The third-order valence-corrected chi connectivity index (χ3v) is 12.8. The predicted molar refractivity (Wildman–Crippen MR) is 136 cm³/mol. The molecule has 0 atom stereocenters. The number of fused-ring (bicyclic) bond motifs is 7. The van der Waals surface area contributed by atoms with E-state index in [-0.39, 0.29) is 16.5 Å². The van der Waals surface area contributed by atoms with Gasteiger partial charge in [-0.1, -0.05) is 64.2 Å². The van der Waals surface area contributed by atoms with Gasteiger partial charge < -0.3 is 14.3 Å². The molecule has 0 radical (unpaired) electrons. The molecule has 6 aromatic rings. The number of nitrogens with one attached hydrogen (secondary N) is 1. The minimum Gasteiger partial charge on any atom is -0.494 e. The summed E-state index contributed by atoms with van der Waals surface area (Å²) < 4.78 is 1.72. The first-order valence-electron chi connectivity index (χ1n) is 10.9. The van der Waals surface area contributed by atoms with Gasteiger partial charge in [-0.2, -0.15) is 0 Å². The largest absolute Gasteiger partial charge is 0.494 e. The van der Waals surface area contributed by atoms with Gasteiger partial charge in [0.15, 0.2) is 14.1 Å². The smallest absolute Gasteiger partial charge is 0.254 e. The summed E-state index contributed by atoms with van der Waals surface area (Å²) in [5.74, 6) is 0.0738. The normalized spacial score (nSPS) is 13.4. The van der Waals surface area contributed by atoms with Crippen molar-refractivity contribution in [2.75, 3.05) is 0 Å². The Kier molecular flexibility index (Phi) is 3.56. The number of hydrogen-bond donors (Lipinski definition) is 2. The second-order valence-electron chi connectivity index (χ2n) is 10.3. The molecule has 0 saturated heterocycles. The molecule has 3 aromatic carbocycles. The highest BCUT2D eigenvalue weighted by molar-refractivity contribution is 6.79. The highest BCUT2D eigenvalue weighted by atomic mass is 28.3. The van der Waals surface area contributed by atoms with E-state index in [9.17, 15) is 9.90 Å². The zero-order valence-electron chi connectivity index (χ0n) is 18.9. The van der Waals surface area contributed by atoms with Crippen molar-refractivity contribution in [2.24, 2.45) is 0 Å². The van der Waals surface area contributed by atoms with Gasteiger partial charge >= 0.3 is 0 Å². The van der Waals surface area contributed by atoms with E-state index < -0.39 is 8.24 Å². The SMILES string of the molecule is CC(C)(C)[Si](C)(C)n1c(O)c2c(c1=O)c1cnc3cccc(c4[nH]c5ccccc5c42)c31. The fraction of sp³-hybridized carbons (Fsp3) is 0.231. The molecule has 0 spiro atoms. The molecule has 0 bridgehead atoms. The van der Waals surface area contributed by atoms with Gasteiger partial charge in [-0.3, -0.25) is 9.78 Å². The van der Waals surface area contributed by atoms with E-state index in [4.69, 9.17) is 0 Å². The van der Waals surface area contributed by atoms with Crippen LogP contribution in [-0.2, 0) is 0 Å². The summed E-state index contributed by atoms with van der Waals surface area (Å²) >= 11 is 0. The predicted octanol–water partition coefficient (Wildman–Crippen LogP) is 6.33. The maximum atomic E-state index is 14.1. The van der Waals surface area contributed by atoms with Crippen molar-refractivity contribution in [1.82, 2.24) is 14.2 Å². The molecule has 0 aliphatic rings. The minimum absolute atomic E-state index is 0.0738. The van der Waals surface area contributed by atoms with Crippen LogP contribution in [0.3, 0.4) is 0 Å². The number of para-hydroxylation sites is 1. The first-order valence-corrected chi connectivity index (χ1v) is 13.9. The first-order chi connectivity index (χ1) is 15.1. The Morgan fingerprint density at radius 3 is 2.38 bits per heavy atom. The van der Waals surface area contributed by atoms with Crippen LogP contribution < -0.4 is 5.56 Å². The van der Waals surface area contributed by atoms with E-state index in [1.54, 1.807) is 10.4 Å². The van der Waals surface area contributed by atoms with Gasteiger partial charge in [-0.05, 0) is 17.2 Å². The summed E-state index contributed by atoms with van der Waals surface area (Å²) in [6.07, 6.45) is 1.79. The summed E-state index contributed by atoms with van der Waals surface area (Å²) in [5, 5.41) is 17.5. The van der Waals surface area contributed by atoms with Crippen molar-refractivity contribution in [3.63, 3.8) is 0 Å². The number of rotatable bonds is 1. The van der Waals surface area contributed by atoms with Crippen molar-refractivity contribution in [2.45, 2.75) is 38.9 Å². The van der Waals surface area contributed by atoms with E-state index in [0.29, 0.717) is 10.8 Å². The van der Waals surface area contributed by atoms with Gasteiger partial charge in [0.05, 0.1) is 21.8 Å². The number of aromatic hydroxyl groups is 1. The lowest BCUT2D eigenvalue weighted by molar-refractivity contribution is 0.448. The average molecular weight is 440 g/mol. The van der Waals surface area contributed by atoms with E-state index in [0.717, 1.165) is 43.5 Å². The molecule has 6 rings (SSSR count). The Labute approximate surface area is 185 Å². The highest BCUT2D eigenvalue weighted by Crippen LogP contribution is 2.45. The molecule has 0 fully saturated rings. The molecule has 0 saturated carbocycles. The molecule has 0 aliphatic carbocycles. The molecule has 5 nitrogen and oxygen atoms in total. The highest BCUT2D eigenvalue weighted by Gasteiger charge is 2.42.